The van der Waals surface area contributed by atoms with Gasteiger partial charge >= 0.3 is 0 Å². The van der Waals surface area contributed by atoms with E-state index in [0.717, 1.165) is 13.1 Å². The van der Waals surface area contributed by atoms with Crippen LogP contribution in [-0.4, -0.2) is 143 Å². The first-order valence-corrected chi connectivity index (χ1v) is 21.1. The van der Waals surface area contributed by atoms with Crippen LogP contribution in [-0.2, 0) is 13.1 Å². The van der Waals surface area contributed by atoms with Gasteiger partial charge in [-0.1, -0.05) is 79.7 Å². The molecule has 0 saturated carbocycles. The molecule has 0 N–H and O–H groups in total. The van der Waals surface area contributed by atoms with E-state index in [4.69, 9.17) is 0 Å². The summed E-state index contributed by atoms with van der Waals surface area (Å²) in [5, 5.41) is 0. The zero-order valence-corrected chi connectivity index (χ0v) is 32.6. The molecule has 0 radical (unpaired) electrons. The molecule has 6 saturated heterocycles. The molecule has 6 heterocycles. The molecule has 46 heavy (non-hydrogen) atoms. The van der Waals surface area contributed by atoms with Gasteiger partial charge in [-0.2, -0.15) is 0 Å². The maximum Gasteiger partial charge on any atom is 0.120 e. The van der Waals surface area contributed by atoms with Crippen molar-refractivity contribution in [3.8, 4) is 0 Å². The van der Waals surface area contributed by atoms with Gasteiger partial charge in [-0.25, -0.2) is 0 Å². The predicted molar refractivity (Wildman–Crippen MR) is 200 cm³/mol. The second-order valence-electron chi connectivity index (χ2n) is 16.0. The summed E-state index contributed by atoms with van der Waals surface area (Å²) in [6.07, 6.45) is 0. The lowest BCUT2D eigenvalue weighted by Gasteiger charge is -2.51. The van der Waals surface area contributed by atoms with Crippen LogP contribution in [0, 0.1) is 23.7 Å². The predicted octanol–water partition coefficient (Wildman–Crippen LogP) is 6.23. The molecule has 10 heteroatoms. The normalized spacial score (nSPS) is 28.6. The average Bonchev–Trinajstić information content (AvgIpc) is 2.94. The Hall–Kier alpha value is -0.240. The number of rotatable bonds is 12. The molecule has 0 amide bonds. The maximum absolute atomic E-state index is 2.87. The Balaban J connectivity index is 1.34. The maximum atomic E-state index is 2.87. The third-order valence-electron chi connectivity index (χ3n) is 9.62. The second kappa shape index (κ2) is 17.6. The highest BCUT2D eigenvalue weighted by atomic mass is 31.2. The summed E-state index contributed by atoms with van der Waals surface area (Å²) in [6, 6.07) is 9.86. The van der Waals surface area contributed by atoms with Gasteiger partial charge in [-0.15, -0.1) is 0 Å². The summed E-state index contributed by atoms with van der Waals surface area (Å²) < 4.78 is 17.2. The van der Waals surface area contributed by atoms with Crippen molar-refractivity contribution in [2.75, 3.05) is 105 Å². The van der Waals surface area contributed by atoms with E-state index in [2.05, 4.69) is 117 Å². The first kappa shape index (κ1) is 37.0. The van der Waals surface area contributed by atoms with Crippen molar-refractivity contribution in [2.45, 2.75) is 68.5 Å². The lowest BCUT2D eigenvalue weighted by molar-refractivity contribution is 0.154. The summed E-state index contributed by atoms with van der Waals surface area (Å²) in [7, 11) is -0.926. The number of fused-ring (bicyclic) bond motifs is 12. The minimum Gasteiger partial charge on any atom is -0.299 e. The van der Waals surface area contributed by atoms with Crippen molar-refractivity contribution in [3.05, 3.63) is 35.4 Å². The molecule has 262 valence electrons. The van der Waals surface area contributed by atoms with Gasteiger partial charge in [0.25, 0.3) is 0 Å². The fourth-order valence-corrected chi connectivity index (χ4v) is 13.8. The van der Waals surface area contributed by atoms with Gasteiger partial charge in [-0.05, 0) is 34.8 Å². The Morgan fingerprint density at radius 2 is 0.630 bits per heavy atom. The third kappa shape index (κ3) is 10.4. The molecule has 0 atom stereocenters. The molecule has 6 aliphatic rings. The molecule has 7 rings (SSSR count). The van der Waals surface area contributed by atoms with Gasteiger partial charge in [-0.3, -0.25) is 37.8 Å². The lowest BCUT2D eigenvalue weighted by atomic mass is 10.1. The Morgan fingerprint density at radius 3 is 0.870 bits per heavy atom. The Bertz CT molecular complexity index is 914. The number of benzene rings is 1. The van der Waals surface area contributed by atoms with Crippen molar-refractivity contribution in [1.82, 2.24) is 37.8 Å². The Labute approximate surface area is 286 Å². The van der Waals surface area contributed by atoms with Crippen molar-refractivity contribution in [1.29, 1.82) is 0 Å². The van der Waals surface area contributed by atoms with Gasteiger partial charge in [0.1, 0.15) is 16.7 Å². The van der Waals surface area contributed by atoms with Gasteiger partial charge in [0, 0.05) is 118 Å². The Kier molecular flexibility index (Phi) is 14.2. The van der Waals surface area contributed by atoms with Crippen molar-refractivity contribution < 1.29 is 0 Å². The summed E-state index contributed by atoms with van der Waals surface area (Å²) in [5.74, 6) is 2.75. The van der Waals surface area contributed by atoms with Gasteiger partial charge in [0.2, 0.25) is 0 Å². The average molecular weight is 675 g/mol. The van der Waals surface area contributed by atoms with Crippen LogP contribution in [0.15, 0.2) is 24.3 Å². The zero-order chi connectivity index (χ0) is 32.8. The highest BCUT2D eigenvalue weighted by Gasteiger charge is 2.38. The molecule has 0 unspecified atom stereocenters. The van der Waals surface area contributed by atoms with E-state index >= 15 is 0 Å². The SMILES string of the molecule is CC(C)CN1CCN2CCN(Cc3ccc(CN4CCN5CCN(CC(C)C)P4N(CC(C)C)CC5)cc3)P1N(CC(C)C)CC2. The molecular formula is C36H68N8P2. The summed E-state index contributed by atoms with van der Waals surface area (Å²) in [5.41, 5.74) is 2.95. The Morgan fingerprint density at radius 1 is 0.391 bits per heavy atom. The molecule has 1 aromatic carbocycles. The molecule has 6 aliphatic heterocycles. The molecule has 4 bridgehead atoms. The van der Waals surface area contributed by atoms with Gasteiger partial charge in [0.05, 0.1) is 0 Å². The number of hydrogen-bond acceptors (Lipinski definition) is 8. The number of nitrogens with zero attached hydrogens (tertiary/aromatic N) is 8. The second-order valence-corrected chi connectivity index (χ2v) is 20.5. The highest BCUT2D eigenvalue weighted by Crippen LogP contribution is 2.52. The smallest absolute Gasteiger partial charge is 0.120 e. The first-order chi connectivity index (χ1) is 22.0. The van der Waals surface area contributed by atoms with Crippen LogP contribution in [0.1, 0.15) is 66.5 Å². The quantitative estimate of drug-likeness (QED) is 0.241. The highest BCUT2D eigenvalue weighted by molar-refractivity contribution is 7.50. The fourth-order valence-electron chi connectivity index (χ4n) is 7.62. The largest absolute Gasteiger partial charge is 0.299 e. The lowest BCUT2D eigenvalue weighted by Crippen LogP contribution is -2.53. The van der Waals surface area contributed by atoms with E-state index in [1.807, 2.05) is 0 Å². The standard InChI is InChI=1S/C36H68N8P2/c1-31(2)25-39-19-13-37-14-20-40(26-32(3)4)45(39)43(23-17-37)29-35-9-11-36(12-10-35)30-44-24-18-38-15-21-41(27-33(5)6)46(44)42(22-16-38)28-34(7)8/h9-12,31-34H,13-30H2,1-8H3. The molecule has 0 spiro atoms. The fraction of sp³-hybridized carbons (Fsp3) is 0.833. The minimum absolute atomic E-state index is 0.463. The monoisotopic (exact) mass is 675 g/mol. The van der Waals surface area contributed by atoms with Crippen LogP contribution in [0.5, 0.6) is 0 Å². The third-order valence-corrected chi connectivity index (χ3v) is 14.8. The van der Waals surface area contributed by atoms with Crippen molar-refractivity contribution in [2.24, 2.45) is 23.7 Å². The van der Waals surface area contributed by atoms with E-state index in [1.165, 1.54) is 116 Å². The molecule has 0 aromatic heterocycles. The van der Waals surface area contributed by atoms with Crippen LogP contribution in [0.3, 0.4) is 0 Å². The van der Waals surface area contributed by atoms with Crippen LogP contribution in [0.2, 0.25) is 0 Å². The molecule has 0 aliphatic carbocycles. The van der Waals surface area contributed by atoms with Crippen LogP contribution >= 0.6 is 16.7 Å². The van der Waals surface area contributed by atoms with Gasteiger partial charge < -0.3 is 0 Å². The minimum atomic E-state index is -0.463. The van der Waals surface area contributed by atoms with Crippen LogP contribution in [0.4, 0.5) is 0 Å². The van der Waals surface area contributed by atoms with Crippen molar-refractivity contribution >= 4 is 16.7 Å². The topological polar surface area (TPSA) is 25.9 Å². The molecule has 6 fully saturated rings. The van der Waals surface area contributed by atoms with E-state index < -0.39 is 16.7 Å². The van der Waals surface area contributed by atoms with E-state index in [0.29, 0.717) is 23.7 Å². The summed E-state index contributed by atoms with van der Waals surface area (Å²) in [4.78, 5) is 5.46. The van der Waals surface area contributed by atoms with Crippen molar-refractivity contribution in [3.63, 3.8) is 0 Å². The van der Waals surface area contributed by atoms with Crippen LogP contribution in [0.25, 0.3) is 0 Å². The van der Waals surface area contributed by atoms with E-state index in [9.17, 15) is 0 Å². The van der Waals surface area contributed by atoms with Crippen LogP contribution < -0.4 is 0 Å². The molecule has 1 aromatic rings. The first-order valence-electron chi connectivity index (χ1n) is 18.7. The summed E-state index contributed by atoms with van der Waals surface area (Å²) >= 11 is 0. The van der Waals surface area contributed by atoms with E-state index in [-0.39, 0.29) is 0 Å². The van der Waals surface area contributed by atoms with E-state index in [1.54, 1.807) is 0 Å². The van der Waals surface area contributed by atoms with Gasteiger partial charge in [0.15, 0.2) is 0 Å². The molecule has 8 nitrogen and oxygen atoms in total. The molecular weight excluding hydrogens is 606 g/mol. The number of hydrogen-bond donors (Lipinski definition) is 0. The zero-order valence-electron chi connectivity index (χ0n) is 30.8. The summed E-state index contributed by atoms with van der Waals surface area (Å²) in [6.45, 7) is 40.5.